The van der Waals surface area contributed by atoms with Gasteiger partial charge in [0.25, 0.3) is 5.91 Å². The lowest BCUT2D eigenvalue weighted by molar-refractivity contribution is -0.142. The van der Waals surface area contributed by atoms with Crippen LogP contribution in [0.1, 0.15) is 27.0 Å². The largest absolute Gasteiger partial charge is 0.467 e. The van der Waals surface area contributed by atoms with E-state index in [1.807, 2.05) is 44.2 Å². The smallest absolute Gasteiger partial charge is 0.328 e. The van der Waals surface area contributed by atoms with Crippen molar-refractivity contribution in [3.63, 3.8) is 0 Å². The number of methoxy groups -OCH3 is 1. The van der Waals surface area contributed by atoms with Crippen molar-refractivity contribution in [2.45, 2.75) is 26.3 Å². The normalized spacial score (nSPS) is 11.7. The third-order valence-corrected chi connectivity index (χ3v) is 4.10. The van der Waals surface area contributed by atoms with Gasteiger partial charge < -0.3 is 10.1 Å². The van der Waals surface area contributed by atoms with Gasteiger partial charge in [-0.15, -0.1) is 0 Å². The van der Waals surface area contributed by atoms with Crippen LogP contribution in [0.5, 0.6) is 0 Å². The number of benzene rings is 2. The fourth-order valence-electron chi connectivity index (χ4n) is 2.58. The molecule has 0 radical (unpaired) electrons. The zero-order valence-electron chi connectivity index (χ0n) is 13.9. The van der Waals surface area contributed by atoms with Crippen molar-refractivity contribution in [1.82, 2.24) is 5.32 Å². The highest BCUT2D eigenvalue weighted by molar-refractivity contribution is 9.10. The molecule has 0 saturated heterocycles. The van der Waals surface area contributed by atoms with Crippen LogP contribution in [0, 0.1) is 13.8 Å². The van der Waals surface area contributed by atoms with Crippen LogP contribution in [0.4, 0.5) is 0 Å². The van der Waals surface area contributed by atoms with Crippen LogP contribution in [0.25, 0.3) is 0 Å². The van der Waals surface area contributed by atoms with E-state index in [1.165, 1.54) is 7.11 Å². The number of aryl methyl sites for hydroxylation is 2. The molecular weight excluding hydrogens is 370 g/mol. The number of nitrogens with one attached hydrogen (secondary N) is 1. The maximum Gasteiger partial charge on any atom is 0.328 e. The van der Waals surface area contributed by atoms with E-state index in [0.717, 1.165) is 21.2 Å². The molecule has 24 heavy (non-hydrogen) atoms. The molecule has 1 N–H and O–H groups in total. The zero-order valence-corrected chi connectivity index (χ0v) is 15.5. The molecule has 0 bridgehead atoms. The van der Waals surface area contributed by atoms with Crippen molar-refractivity contribution in [2.24, 2.45) is 0 Å². The Balaban J connectivity index is 2.19. The molecule has 5 heteroatoms. The van der Waals surface area contributed by atoms with E-state index >= 15 is 0 Å². The molecule has 126 valence electrons. The number of carbonyl (C=O) groups is 2. The molecule has 0 aliphatic heterocycles. The van der Waals surface area contributed by atoms with Crippen molar-refractivity contribution >= 4 is 27.8 Å². The van der Waals surface area contributed by atoms with E-state index < -0.39 is 12.0 Å². The van der Waals surface area contributed by atoms with Crippen molar-refractivity contribution in [3.8, 4) is 0 Å². The van der Waals surface area contributed by atoms with Gasteiger partial charge in [-0.05, 0) is 43.7 Å². The highest BCUT2D eigenvalue weighted by Crippen LogP contribution is 2.14. The summed E-state index contributed by atoms with van der Waals surface area (Å²) in [4.78, 5) is 24.6. The molecule has 0 unspecified atom stereocenters. The third-order valence-electron chi connectivity index (χ3n) is 3.60. The average molecular weight is 390 g/mol. The van der Waals surface area contributed by atoms with Crippen LogP contribution >= 0.6 is 15.9 Å². The van der Waals surface area contributed by atoms with Gasteiger partial charge in [0.05, 0.1) is 7.11 Å². The SMILES string of the molecule is COC(=O)[C@@H](Cc1cccc(Br)c1)NC(=O)c1cc(C)cc(C)c1. The molecule has 2 rings (SSSR count). The molecule has 0 saturated carbocycles. The Bertz CT molecular complexity index is 738. The number of hydrogen-bond donors (Lipinski definition) is 1. The second-order valence-corrected chi connectivity index (χ2v) is 6.68. The minimum atomic E-state index is -0.738. The van der Waals surface area contributed by atoms with Gasteiger partial charge in [0.15, 0.2) is 0 Å². The fourth-order valence-corrected chi connectivity index (χ4v) is 3.03. The molecule has 2 aromatic rings. The minimum absolute atomic E-state index is 0.285. The lowest BCUT2D eigenvalue weighted by Crippen LogP contribution is -2.43. The molecule has 0 heterocycles. The summed E-state index contributed by atoms with van der Waals surface area (Å²) in [6, 6.07) is 12.5. The minimum Gasteiger partial charge on any atom is -0.467 e. The molecule has 0 aromatic heterocycles. The van der Waals surface area contributed by atoms with E-state index in [9.17, 15) is 9.59 Å². The Labute approximate surface area is 150 Å². The molecule has 4 nitrogen and oxygen atoms in total. The first-order valence-electron chi connectivity index (χ1n) is 7.60. The maximum atomic E-state index is 12.5. The lowest BCUT2D eigenvalue weighted by Gasteiger charge is -2.17. The van der Waals surface area contributed by atoms with E-state index in [2.05, 4.69) is 21.2 Å². The molecule has 2 aromatic carbocycles. The zero-order chi connectivity index (χ0) is 17.7. The number of amides is 1. The summed E-state index contributed by atoms with van der Waals surface area (Å²) < 4.78 is 5.75. The first-order chi connectivity index (χ1) is 11.4. The van der Waals surface area contributed by atoms with Crippen molar-refractivity contribution < 1.29 is 14.3 Å². The standard InChI is InChI=1S/C19H20BrNO3/c1-12-7-13(2)9-15(8-12)18(22)21-17(19(23)24-3)11-14-5-4-6-16(20)10-14/h4-10,17H,11H2,1-3H3,(H,21,22)/t17-/m1/s1. The third kappa shape index (κ3) is 4.93. The lowest BCUT2D eigenvalue weighted by atomic mass is 10.0. The predicted octanol–water partition coefficient (Wildman–Crippen LogP) is 3.58. The summed E-state index contributed by atoms with van der Waals surface area (Å²) in [7, 11) is 1.32. The predicted molar refractivity (Wildman–Crippen MR) is 97.0 cm³/mol. The van der Waals surface area contributed by atoms with Crippen molar-refractivity contribution in [2.75, 3.05) is 7.11 Å². The van der Waals surface area contributed by atoms with Crippen LogP contribution in [0.2, 0.25) is 0 Å². The van der Waals surface area contributed by atoms with Gasteiger partial charge in [0, 0.05) is 16.5 Å². The molecule has 0 spiro atoms. The Hall–Kier alpha value is -2.14. The van der Waals surface area contributed by atoms with Gasteiger partial charge in [-0.2, -0.15) is 0 Å². The van der Waals surface area contributed by atoms with Crippen LogP contribution < -0.4 is 5.32 Å². The Morgan fingerprint density at radius 3 is 2.38 bits per heavy atom. The van der Waals surface area contributed by atoms with Crippen LogP contribution in [0.3, 0.4) is 0 Å². The summed E-state index contributed by atoms with van der Waals surface area (Å²) >= 11 is 3.41. The van der Waals surface area contributed by atoms with E-state index in [1.54, 1.807) is 12.1 Å². The van der Waals surface area contributed by atoms with Gasteiger partial charge >= 0.3 is 5.97 Å². The highest BCUT2D eigenvalue weighted by atomic mass is 79.9. The fraction of sp³-hybridized carbons (Fsp3) is 0.263. The van der Waals surface area contributed by atoms with Crippen LogP contribution in [0.15, 0.2) is 46.9 Å². The second kappa shape index (κ2) is 8.11. The van der Waals surface area contributed by atoms with Gasteiger partial charge in [0.1, 0.15) is 6.04 Å². The maximum absolute atomic E-state index is 12.5. The van der Waals surface area contributed by atoms with Gasteiger partial charge in [-0.1, -0.05) is 45.3 Å². The highest BCUT2D eigenvalue weighted by Gasteiger charge is 2.23. The van der Waals surface area contributed by atoms with Crippen LogP contribution in [-0.2, 0) is 16.0 Å². The first-order valence-corrected chi connectivity index (χ1v) is 8.40. The van der Waals surface area contributed by atoms with Crippen LogP contribution in [-0.4, -0.2) is 25.0 Å². The van der Waals surface area contributed by atoms with Gasteiger partial charge in [-0.3, -0.25) is 4.79 Å². The summed E-state index contributed by atoms with van der Waals surface area (Å²) in [5.41, 5.74) is 3.47. The summed E-state index contributed by atoms with van der Waals surface area (Å²) in [6.07, 6.45) is 0.364. The molecule has 0 fully saturated rings. The van der Waals surface area contributed by atoms with E-state index in [-0.39, 0.29) is 5.91 Å². The van der Waals surface area contributed by atoms with Gasteiger partial charge in [-0.25, -0.2) is 4.79 Å². The van der Waals surface area contributed by atoms with Crippen molar-refractivity contribution in [1.29, 1.82) is 0 Å². The van der Waals surface area contributed by atoms with E-state index in [4.69, 9.17) is 4.74 Å². The molecule has 1 amide bonds. The summed E-state index contributed by atoms with van der Waals surface area (Å²) in [5, 5.41) is 2.78. The number of ether oxygens (including phenoxy) is 1. The molecular formula is C19H20BrNO3. The Morgan fingerprint density at radius 2 is 1.79 bits per heavy atom. The molecule has 1 atom stereocenters. The van der Waals surface area contributed by atoms with Gasteiger partial charge in [0.2, 0.25) is 0 Å². The quantitative estimate of drug-likeness (QED) is 0.795. The van der Waals surface area contributed by atoms with E-state index in [0.29, 0.717) is 12.0 Å². The number of esters is 1. The number of halogens is 1. The molecule has 0 aliphatic rings. The molecule has 0 aliphatic carbocycles. The summed E-state index contributed by atoms with van der Waals surface area (Å²) in [5.74, 6) is -0.750. The first kappa shape index (κ1) is 18.2. The second-order valence-electron chi connectivity index (χ2n) is 5.76. The number of carbonyl (C=O) groups excluding carboxylic acids is 2. The number of rotatable bonds is 5. The average Bonchev–Trinajstić information content (AvgIpc) is 2.52. The number of hydrogen-bond acceptors (Lipinski definition) is 3. The van der Waals surface area contributed by atoms with Crippen molar-refractivity contribution in [3.05, 3.63) is 69.2 Å². The Kier molecular flexibility index (Phi) is 6.15. The monoisotopic (exact) mass is 389 g/mol. The Morgan fingerprint density at radius 1 is 1.12 bits per heavy atom. The topological polar surface area (TPSA) is 55.4 Å². The summed E-state index contributed by atoms with van der Waals surface area (Å²) in [6.45, 7) is 3.87.